The van der Waals surface area contributed by atoms with Gasteiger partial charge in [-0.05, 0) is 43.8 Å². The van der Waals surface area contributed by atoms with Gasteiger partial charge in [-0.3, -0.25) is 0 Å². The van der Waals surface area contributed by atoms with Crippen LogP contribution in [0.2, 0.25) is 0 Å². The Hall–Kier alpha value is -5.87. The number of benzene rings is 7. The molecule has 0 saturated heterocycles. The van der Waals surface area contributed by atoms with Crippen molar-refractivity contribution in [2.24, 2.45) is 0 Å². The van der Waals surface area contributed by atoms with E-state index in [2.05, 4.69) is 84.9 Å². The summed E-state index contributed by atoms with van der Waals surface area (Å²) in [5, 5.41) is 4.62. The Morgan fingerprint density at radius 2 is 0.644 bits per heavy atom. The summed E-state index contributed by atoms with van der Waals surface area (Å²) in [6.07, 6.45) is 0. The highest BCUT2D eigenvalue weighted by molar-refractivity contribution is 6.39. The van der Waals surface area contributed by atoms with Gasteiger partial charge in [0.15, 0.2) is 17.5 Å². The normalized spacial score (nSPS) is 11.2. The molecule has 4 heteroatoms. The van der Waals surface area contributed by atoms with E-state index in [4.69, 9.17) is 22.8 Å². The molecule has 1 heterocycles. The minimum atomic E-state index is 0.643. The smallest absolute Gasteiger partial charge is 0.164 e. The maximum atomic E-state index is 6.33. The fraction of sp³-hybridized carbons (Fsp3) is 0. The quantitative estimate of drug-likeness (QED) is 0.193. The third-order valence-corrected chi connectivity index (χ3v) is 8.33. The summed E-state index contributed by atoms with van der Waals surface area (Å²) in [5.41, 5.74) is 8.30. The first-order chi connectivity index (χ1) is 22.2. The average molecular weight is 571 g/mol. The molecule has 0 N–H and O–H groups in total. The molecule has 0 aliphatic heterocycles. The zero-order valence-electron chi connectivity index (χ0n) is 24.4. The molecule has 0 spiro atoms. The molecule has 8 rings (SSSR count). The van der Waals surface area contributed by atoms with E-state index in [1.54, 1.807) is 0 Å². The van der Waals surface area contributed by atoms with E-state index in [0.717, 1.165) is 38.5 Å². The molecule has 2 radical (unpaired) electrons. The van der Waals surface area contributed by atoms with Crippen molar-refractivity contribution in [3.05, 3.63) is 158 Å². The lowest BCUT2D eigenvalue weighted by molar-refractivity contribution is 1.07. The topological polar surface area (TPSA) is 38.7 Å². The average Bonchev–Trinajstić information content (AvgIpc) is 3.12. The van der Waals surface area contributed by atoms with Gasteiger partial charge in [0, 0.05) is 16.7 Å². The Kier molecular flexibility index (Phi) is 6.73. The van der Waals surface area contributed by atoms with Gasteiger partial charge in [0.2, 0.25) is 0 Å². The van der Waals surface area contributed by atoms with E-state index in [1.807, 2.05) is 72.8 Å². The largest absolute Gasteiger partial charge is 0.208 e. The molecule has 0 unspecified atom stereocenters. The highest BCUT2D eigenvalue weighted by Crippen LogP contribution is 2.38. The molecule has 0 saturated carbocycles. The van der Waals surface area contributed by atoms with Crippen LogP contribution in [0.1, 0.15) is 0 Å². The SMILES string of the molecule is [B]c1ccc(-c2ccc(-c3ccc(-c4nc(-c5ccccc5)nc(-c5ccccc5)n4)cc3)c3ccccc23)c2ccccc12. The molecule has 8 aromatic rings. The van der Waals surface area contributed by atoms with Gasteiger partial charge >= 0.3 is 0 Å². The van der Waals surface area contributed by atoms with Crippen molar-refractivity contribution >= 4 is 34.9 Å². The number of hydrogen-bond donors (Lipinski definition) is 0. The zero-order chi connectivity index (χ0) is 30.2. The maximum absolute atomic E-state index is 6.33. The molecule has 45 heavy (non-hydrogen) atoms. The molecule has 208 valence electrons. The highest BCUT2D eigenvalue weighted by Gasteiger charge is 2.15. The van der Waals surface area contributed by atoms with Crippen molar-refractivity contribution < 1.29 is 0 Å². The van der Waals surface area contributed by atoms with Crippen molar-refractivity contribution in [1.82, 2.24) is 15.0 Å². The first kappa shape index (κ1) is 26.7. The third-order valence-electron chi connectivity index (χ3n) is 8.33. The Labute approximate surface area is 263 Å². The van der Waals surface area contributed by atoms with Crippen LogP contribution in [0.5, 0.6) is 0 Å². The standard InChI is InChI=1S/C41H26BN3/c42-38-26-25-36(34-17-9-10-18-37(34)38)35-24-23-31(32-15-7-8-16-33(32)35)27-19-21-30(22-20-27)41-44-39(28-11-3-1-4-12-28)43-40(45-41)29-13-5-2-6-14-29/h1-26H. The molecule has 3 nitrogen and oxygen atoms in total. The summed E-state index contributed by atoms with van der Waals surface area (Å²) >= 11 is 0. The third kappa shape index (κ3) is 4.97. The van der Waals surface area contributed by atoms with Crippen LogP contribution >= 0.6 is 0 Å². The van der Waals surface area contributed by atoms with E-state index >= 15 is 0 Å². The van der Waals surface area contributed by atoms with Gasteiger partial charge in [-0.2, -0.15) is 0 Å². The van der Waals surface area contributed by atoms with Crippen LogP contribution in [-0.4, -0.2) is 22.8 Å². The maximum Gasteiger partial charge on any atom is 0.164 e. The molecule has 0 atom stereocenters. The predicted octanol–water partition coefficient (Wildman–Crippen LogP) is 9.31. The van der Waals surface area contributed by atoms with Crippen LogP contribution in [0.25, 0.3) is 78.0 Å². The summed E-state index contributed by atoms with van der Waals surface area (Å²) in [6.45, 7) is 0. The summed E-state index contributed by atoms with van der Waals surface area (Å²) < 4.78 is 0. The van der Waals surface area contributed by atoms with Crippen LogP contribution in [-0.2, 0) is 0 Å². The van der Waals surface area contributed by atoms with Gasteiger partial charge in [0.25, 0.3) is 0 Å². The van der Waals surface area contributed by atoms with Crippen LogP contribution in [0.4, 0.5) is 0 Å². The molecule has 0 amide bonds. The lowest BCUT2D eigenvalue weighted by Crippen LogP contribution is -2.03. The van der Waals surface area contributed by atoms with Gasteiger partial charge in [-0.25, -0.2) is 15.0 Å². The fourth-order valence-corrected chi connectivity index (χ4v) is 6.08. The van der Waals surface area contributed by atoms with Gasteiger partial charge in [0.05, 0.1) is 0 Å². The van der Waals surface area contributed by atoms with Crippen molar-refractivity contribution in [2.45, 2.75) is 0 Å². The summed E-state index contributed by atoms with van der Waals surface area (Å²) in [4.78, 5) is 14.6. The summed E-state index contributed by atoms with van der Waals surface area (Å²) in [6, 6.07) is 54.2. The molecule has 7 aromatic carbocycles. The van der Waals surface area contributed by atoms with Crippen LogP contribution < -0.4 is 5.46 Å². The molecule has 0 aliphatic rings. The second kappa shape index (κ2) is 11.3. The second-order valence-electron chi connectivity index (χ2n) is 11.1. The van der Waals surface area contributed by atoms with E-state index in [0.29, 0.717) is 17.5 Å². The van der Waals surface area contributed by atoms with E-state index in [1.165, 1.54) is 27.5 Å². The highest BCUT2D eigenvalue weighted by atomic mass is 15.0. The molecule has 0 aliphatic carbocycles. The molecular weight excluding hydrogens is 545 g/mol. The van der Waals surface area contributed by atoms with Gasteiger partial charge in [-0.1, -0.05) is 163 Å². The van der Waals surface area contributed by atoms with Crippen LogP contribution in [0.15, 0.2) is 158 Å². The minimum absolute atomic E-state index is 0.643. The number of hydrogen-bond acceptors (Lipinski definition) is 3. The second-order valence-corrected chi connectivity index (χ2v) is 11.1. The monoisotopic (exact) mass is 571 g/mol. The Balaban J connectivity index is 1.22. The zero-order valence-corrected chi connectivity index (χ0v) is 24.4. The van der Waals surface area contributed by atoms with Crippen molar-refractivity contribution in [1.29, 1.82) is 0 Å². The predicted molar refractivity (Wildman–Crippen MR) is 187 cm³/mol. The number of fused-ring (bicyclic) bond motifs is 2. The van der Waals surface area contributed by atoms with Crippen LogP contribution in [0.3, 0.4) is 0 Å². The lowest BCUT2D eigenvalue weighted by Gasteiger charge is -2.15. The number of aromatic nitrogens is 3. The van der Waals surface area contributed by atoms with E-state index in [9.17, 15) is 0 Å². The van der Waals surface area contributed by atoms with Gasteiger partial charge < -0.3 is 0 Å². The Morgan fingerprint density at radius 3 is 1.18 bits per heavy atom. The summed E-state index contributed by atoms with van der Waals surface area (Å²) in [5.74, 6) is 1.95. The molecule has 0 fully saturated rings. The summed E-state index contributed by atoms with van der Waals surface area (Å²) in [7, 11) is 6.33. The number of nitrogens with zero attached hydrogens (tertiary/aromatic N) is 3. The van der Waals surface area contributed by atoms with Crippen molar-refractivity contribution in [2.75, 3.05) is 0 Å². The van der Waals surface area contributed by atoms with Crippen molar-refractivity contribution in [3.63, 3.8) is 0 Å². The van der Waals surface area contributed by atoms with E-state index in [-0.39, 0.29) is 0 Å². The minimum Gasteiger partial charge on any atom is -0.208 e. The van der Waals surface area contributed by atoms with E-state index < -0.39 is 0 Å². The Morgan fingerprint density at radius 1 is 0.289 bits per heavy atom. The molecule has 1 aromatic heterocycles. The molecular formula is C41H26BN3. The first-order valence-corrected chi connectivity index (χ1v) is 15.0. The molecule has 0 bridgehead atoms. The Bertz CT molecular complexity index is 2260. The first-order valence-electron chi connectivity index (χ1n) is 15.0. The fourth-order valence-electron chi connectivity index (χ4n) is 6.08. The lowest BCUT2D eigenvalue weighted by atomic mass is 9.85. The van der Waals surface area contributed by atoms with Crippen molar-refractivity contribution in [3.8, 4) is 56.4 Å². The van der Waals surface area contributed by atoms with Gasteiger partial charge in [-0.15, -0.1) is 0 Å². The van der Waals surface area contributed by atoms with Crippen LogP contribution in [0, 0.1) is 0 Å². The van der Waals surface area contributed by atoms with Gasteiger partial charge in [0.1, 0.15) is 7.85 Å². The number of rotatable bonds is 5.